The van der Waals surface area contributed by atoms with Gasteiger partial charge >= 0.3 is 6.09 Å². The van der Waals surface area contributed by atoms with E-state index < -0.39 is 34.9 Å². The quantitative estimate of drug-likeness (QED) is 0.250. The molecule has 0 aliphatic rings. The van der Waals surface area contributed by atoms with Gasteiger partial charge in [0.2, 0.25) is 0 Å². The molecule has 0 unspecified atom stereocenters. The van der Waals surface area contributed by atoms with Gasteiger partial charge in [-0.2, -0.15) is 5.10 Å². The fourth-order valence-corrected chi connectivity index (χ4v) is 4.81. The highest BCUT2D eigenvalue weighted by atomic mass is 32.1. The lowest BCUT2D eigenvalue weighted by molar-refractivity contribution is 0.0507. The van der Waals surface area contributed by atoms with Crippen LogP contribution in [0.1, 0.15) is 39.4 Å². The number of nitrogens with zero attached hydrogens (tertiary/aromatic N) is 1. The zero-order valence-electron chi connectivity index (χ0n) is 21.5. The summed E-state index contributed by atoms with van der Waals surface area (Å²) in [7, 11) is 1.49. The van der Waals surface area contributed by atoms with E-state index in [9.17, 15) is 14.0 Å². The van der Waals surface area contributed by atoms with Crippen molar-refractivity contribution < 1.29 is 27.8 Å². The summed E-state index contributed by atoms with van der Waals surface area (Å²) >= 11 is 1.24. The van der Waals surface area contributed by atoms with E-state index >= 15 is 4.39 Å². The molecular formula is C26H28F2N4O5S. The van der Waals surface area contributed by atoms with Crippen molar-refractivity contribution >= 4 is 27.5 Å². The molecule has 1 aromatic carbocycles. The molecule has 12 heteroatoms. The summed E-state index contributed by atoms with van der Waals surface area (Å²) < 4.78 is 46.1. The molecule has 4 aromatic rings. The van der Waals surface area contributed by atoms with Crippen LogP contribution in [0.2, 0.25) is 0 Å². The summed E-state index contributed by atoms with van der Waals surface area (Å²) in [5.74, 6) is -1.72. The molecule has 202 valence electrons. The smallest absolute Gasteiger partial charge is 0.408 e. The molecule has 3 aromatic heterocycles. The molecule has 0 fully saturated rings. The molecule has 4 rings (SSSR count). The van der Waals surface area contributed by atoms with Crippen molar-refractivity contribution in [2.24, 2.45) is 0 Å². The number of thiophene rings is 1. The van der Waals surface area contributed by atoms with Gasteiger partial charge in [-0.15, -0.1) is 11.3 Å². The summed E-state index contributed by atoms with van der Waals surface area (Å²) in [6, 6.07) is 4.58. The molecule has 0 aliphatic carbocycles. The first kappa shape index (κ1) is 27.3. The van der Waals surface area contributed by atoms with E-state index in [1.807, 2.05) is 0 Å². The van der Waals surface area contributed by atoms with Crippen molar-refractivity contribution in [1.82, 2.24) is 20.5 Å². The Kier molecular flexibility index (Phi) is 7.83. The summed E-state index contributed by atoms with van der Waals surface area (Å²) in [6.07, 6.45) is -0.610. The lowest BCUT2D eigenvalue weighted by atomic mass is 9.99. The Morgan fingerprint density at radius 1 is 1.18 bits per heavy atom. The molecule has 0 saturated carbocycles. The monoisotopic (exact) mass is 546 g/mol. The number of aromatic amines is 2. The summed E-state index contributed by atoms with van der Waals surface area (Å²) in [5.41, 5.74) is 0.214. The van der Waals surface area contributed by atoms with Crippen LogP contribution >= 0.6 is 11.3 Å². The maximum absolute atomic E-state index is 15.4. The SMILES string of the molecule is COCCOc1cc(F)cc(F)c1-c1c(-c2cc([C@@H](C)NC(=O)OC(C)(C)C)[nH]n2)[nH]c(=O)c2ccsc12. The van der Waals surface area contributed by atoms with Gasteiger partial charge in [0.15, 0.2) is 0 Å². The second-order valence-corrected chi connectivity index (χ2v) is 10.5. The number of nitrogens with one attached hydrogen (secondary N) is 3. The van der Waals surface area contributed by atoms with E-state index in [0.29, 0.717) is 21.3 Å². The fraction of sp³-hybridized carbons (Fsp3) is 0.346. The number of carbonyl (C=O) groups is 1. The minimum Gasteiger partial charge on any atom is -0.490 e. The maximum atomic E-state index is 15.4. The van der Waals surface area contributed by atoms with Crippen LogP contribution < -0.4 is 15.6 Å². The van der Waals surface area contributed by atoms with E-state index in [2.05, 4.69) is 20.5 Å². The highest BCUT2D eigenvalue weighted by molar-refractivity contribution is 7.17. The molecule has 9 nitrogen and oxygen atoms in total. The number of hydrogen-bond acceptors (Lipinski definition) is 7. The van der Waals surface area contributed by atoms with Crippen LogP contribution in [0.5, 0.6) is 5.75 Å². The van der Waals surface area contributed by atoms with Crippen molar-refractivity contribution in [2.45, 2.75) is 39.3 Å². The highest BCUT2D eigenvalue weighted by Crippen LogP contribution is 2.43. The predicted molar refractivity (Wildman–Crippen MR) is 141 cm³/mol. The second-order valence-electron chi connectivity index (χ2n) is 9.55. The predicted octanol–water partition coefficient (Wildman–Crippen LogP) is 5.54. The Bertz CT molecular complexity index is 1520. The summed E-state index contributed by atoms with van der Waals surface area (Å²) in [5, 5.41) is 11.9. The third-order valence-electron chi connectivity index (χ3n) is 5.49. The average molecular weight is 547 g/mol. The van der Waals surface area contributed by atoms with Gasteiger partial charge < -0.3 is 24.5 Å². The van der Waals surface area contributed by atoms with Gasteiger partial charge in [-0.3, -0.25) is 9.89 Å². The molecular weight excluding hydrogens is 518 g/mol. The second kappa shape index (κ2) is 10.9. The van der Waals surface area contributed by atoms with E-state index in [4.69, 9.17) is 14.2 Å². The minimum absolute atomic E-state index is 0.0225. The van der Waals surface area contributed by atoms with Crippen LogP contribution in [0, 0.1) is 11.6 Å². The molecule has 0 radical (unpaired) electrons. The summed E-state index contributed by atoms with van der Waals surface area (Å²) in [6.45, 7) is 7.26. The van der Waals surface area contributed by atoms with E-state index in [1.165, 1.54) is 18.4 Å². The zero-order chi connectivity index (χ0) is 27.6. The molecule has 0 aliphatic heterocycles. The number of ether oxygens (including phenoxy) is 3. The number of H-pyrrole nitrogens is 2. The third kappa shape index (κ3) is 5.86. The number of benzene rings is 1. The molecule has 1 atom stereocenters. The molecule has 0 spiro atoms. The number of amides is 1. The largest absolute Gasteiger partial charge is 0.490 e. The Balaban J connectivity index is 1.82. The van der Waals surface area contributed by atoms with Gasteiger partial charge in [-0.05, 0) is 45.2 Å². The zero-order valence-corrected chi connectivity index (χ0v) is 22.3. The van der Waals surface area contributed by atoms with Gasteiger partial charge in [-0.1, -0.05) is 0 Å². The van der Waals surface area contributed by atoms with Crippen LogP contribution in [0.4, 0.5) is 13.6 Å². The van der Waals surface area contributed by atoms with Crippen molar-refractivity contribution in [2.75, 3.05) is 20.3 Å². The van der Waals surface area contributed by atoms with Gasteiger partial charge in [0.25, 0.3) is 5.56 Å². The molecule has 0 saturated heterocycles. The number of fused-ring (bicyclic) bond motifs is 1. The van der Waals surface area contributed by atoms with Gasteiger partial charge in [0.05, 0.1) is 39.7 Å². The van der Waals surface area contributed by atoms with Crippen molar-refractivity contribution in [1.29, 1.82) is 0 Å². The number of alkyl carbamates (subject to hydrolysis) is 1. The van der Waals surface area contributed by atoms with Crippen molar-refractivity contribution in [3.63, 3.8) is 0 Å². The number of pyridine rings is 1. The minimum atomic E-state index is -0.865. The number of aromatic nitrogens is 3. The van der Waals surface area contributed by atoms with E-state index in [-0.39, 0.29) is 35.9 Å². The van der Waals surface area contributed by atoms with E-state index in [0.717, 1.165) is 12.1 Å². The normalized spacial score (nSPS) is 12.5. The van der Waals surface area contributed by atoms with Crippen LogP contribution in [0.15, 0.2) is 34.4 Å². The average Bonchev–Trinajstić information content (AvgIpc) is 3.49. The van der Waals surface area contributed by atoms with E-state index in [1.54, 1.807) is 45.2 Å². The highest BCUT2D eigenvalue weighted by Gasteiger charge is 2.26. The Morgan fingerprint density at radius 3 is 2.66 bits per heavy atom. The number of halogens is 2. The number of carbonyl (C=O) groups excluding carboxylic acids is 1. The first-order valence-corrected chi connectivity index (χ1v) is 12.7. The lowest BCUT2D eigenvalue weighted by Crippen LogP contribution is -2.34. The molecule has 0 bridgehead atoms. The topological polar surface area (TPSA) is 118 Å². The van der Waals surface area contributed by atoms with Gasteiger partial charge in [0.1, 0.15) is 35.3 Å². The Labute approximate surface area is 221 Å². The number of methoxy groups -OCH3 is 1. The summed E-state index contributed by atoms with van der Waals surface area (Å²) in [4.78, 5) is 27.9. The molecule has 3 N–H and O–H groups in total. The fourth-order valence-electron chi connectivity index (χ4n) is 3.86. The number of rotatable bonds is 8. The van der Waals surface area contributed by atoms with Crippen LogP contribution in [0.25, 0.3) is 32.6 Å². The standard InChI is InChI=1S/C26H28F2N4O5S/c1-13(29-25(34)37-26(2,3)4)17-12-18(32-31-17)22-21(23-15(6-9-38-23)24(33)30-22)20-16(28)10-14(27)11-19(20)36-8-7-35-5/h6,9-13H,7-8H2,1-5H3,(H,29,34)(H,30,33)(H,31,32)/t13-/m1/s1. The van der Waals surface area contributed by atoms with Crippen molar-refractivity contribution in [3.8, 4) is 28.3 Å². The van der Waals surface area contributed by atoms with Gasteiger partial charge in [0, 0.05) is 24.8 Å². The maximum Gasteiger partial charge on any atom is 0.408 e. The first-order valence-electron chi connectivity index (χ1n) is 11.8. The van der Waals surface area contributed by atoms with Crippen LogP contribution in [-0.4, -0.2) is 47.2 Å². The Hall–Kier alpha value is -3.77. The van der Waals surface area contributed by atoms with Crippen LogP contribution in [-0.2, 0) is 9.47 Å². The third-order valence-corrected chi connectivity index (χ3v) is 6.42. The Morgan fingerprint density at radius 2 is 1.95 bits per heavy atom. The molecule has 38 heavy (non-hydrogen) atoms. The lowest BCUT2D eigenvalue weighted by Gasteiger charge is -2.21. The van der Waals surface area contributed by atoms with Gasteiger partial charge in [-0.25, -0.2) is 13.6 Å². The first-order chi connectivity index (χ1) is 18.0. The number of hydrogen-bond donors (Lipinski definition) is 3. The van der Waals surface area contributed by atoms with Crippen LogP contribution in [0.3, 0.4) is 0 Å². The van der Waals surface area contributed by atoms with Crippen molar-refractivity contribution in [3.05, 3.63) is 57.3 Å². The molecule has 1 amide bonds. The molecule has 3 heterocycles.